The molecule has 0 radical (unpaired) electrons. The average Bonchev–Trinajstić information content (AvgIpc) is 2.90. The van der Waals surface area contributed by atoms with Crippen LogP contribution in [0.15, 0.2) is 16.8 Å². The van der Waals surface area contributed by atoms with Gasteiger partial charge in [0.15, 0.2) is 0 Å². The Morgan fingerprint density at radius 2 is 2.35 bits per heavy atom. The second-order valence-corrected chi connectivity index (χ2v) is 4.13. The lowest BCUT2D eigenvalue weighted by Crippen LogP contribution is -2.05. The molecule has 2 aromatic rings. The molecule has 0 bridgehead atoms. The first-order chi connectivity index (χ1) is 9.40. The zero-order valence-electron chi connectivity index (χ0n) is 10.8. The van der Waals surface area contributed by atoms with E-state index in [2.05, 4.69) is 10.3 Å². The van der Waals surface area contributed by atoms with Gasteiger partial charge in [-0.15, -0.1) is 0 Å². The van der Waals surface area contributed by atoms with Gasteiger partial charge in [0, 0.05) is 7.05 Å². The highest BCUT2D eigenvalue weighted by atomic mass is 16.6. The van der Waals surface area contributed by atoms with Crippen LogP contribution in [-0.4, -0.2) is 25.6 Å². The van der Waals surface area contributed by atoms with E-state index >= 15 is 0 Å². The second-order valence-electron chi connectivity index (χ2n) is 4.13. The van der Waals surface area contributed by atoms with E-state index < -0.39 is 10.9 Å². The van der Waals surface area contributed by atoms with Crippen molar-refractivity contribution >= 4 is 17.6 Å². The third kappa shape index (κ3) is 2.46. The number of anilines is 1. The molecule has 2 aromatic heterocycles. The molecule has 2 N–H and O–H groups in total. The minimum atomic E-state index is -1.08. The van der Waals surface area contributed by atoms with Crippen molar-refractivity contribution in [2.75, 3.05) is 5.32 Å². The number of rotatable bonds is 5. The number of imidazole rings is 1. The van der Waals surface area contributed by atoms with Crippen molar-refractivity contribution in [2.45, 2.75) is 13.5 Å². The fourth-order valence-electron chi connectivity index (χ4n) is 1.77. The van der Waals surface area contributed by atoms with Gasteiger partial charge in [-0.1, -0.05) is 0 Å². The second kappa shape index (κ2) is 5.03. The van der Waals surface area contributed by atoms with E-state index in [1.54, 1.807) is 14.0 Å². The maximum absolute atomic E-state index is 10.9. The quantitative estimate of drug-likeness (QED) is 0.628. The molecule has 0 fully saturated rings. The normalized spacial score (nSPS) is 10.5. The summed E-state index contributed by atoms with van der Waals surface area (Å²) in [5, 5.41) is 22.5. The molecular weight excluding hydrogens is 268 g/mol. The molecule has 0 amide bonds. The van der Waals surface area contributed by atoms with Crippen LogP contribution in [0, 0.1) is 17.0 Å². The number of nitro groups is 1. The van der Waals surface area contributed by atoms with Crippen molar-refractivity contribution in [2.24, 2.45) is 7.05 Å². The first-order valence-electron chi connectivity index (χ1n) is 5.62. The highest BCUT2D eigenvalue weighted by Crippen LogP contribution is 2.22. The van der Waals surface area contributed by atoms with Crippen molar-refractivity contribution < 1.29 is 19.2 Å². The smallest absolute Gasteiger partial charge is 0.406 e. The van der Waals surface area contributed by atoms with E-state index in [0.29, 0.717) is 5.76 Å². The largest absolute Gasteiger partial charge is 0.478 e. The van der Waals surface area contributed by atoms with Crippen LogP contribution in [0.25, 0.3) is 0 Å². The van der Waals surface area contributed by atoms with Crippen LogP contribution in [0.2, 0.25) is 0 Å². The van der Waals surface area contributed by atoms with Gasteiger partial charge >= 0.3 is 11.8 Å². The molecule has 0 saturated heterocycles. The molecule has 2 rings (SSSR count). The number of hydrogen-bond donors (Lipinski definition) is 2. The summed E-state index contributed by atoms with van der Waals surface area (Å²) in [6, 6.07) is 1.38. The number of aryl methyl sites for hydroxylation is 2. The molecule has 106 valence electrons. The lowest BCUT2D eigenvalue weighted by molar-refractivity contribution is -0.388. The summed E-state index contributed by atoms with van der Waals surface area (Å²) < 4.78 is 6.74. The summed E-state index contributed by atoms with van der Waals surface area (Å²) in [5.41, 5.74) is 0.0707. The first-order valence-corrected chi connectivity index (χ1v) is 5.62. The van der Waals surface area contributed by atoms with Gasteiger partial charge in [0.2, 0.25) is 12.1 Å². The maximum Gasteiger partial charge on any atom is 0.406 e. The van der Waals surface area contributed by atoms with E-state index in [1.807, 2.05) is 0 Å². The number of aromatic carboxylic acids is 1. The predicted molar refractivity (Wildman–Crippen MR) is 67.6 cm³/mol. The SMILES string of the molecule is Cc1oc(CNc2c([N+](=O)[O-])ncn2C)cc1C(=O)O. The zero-order chi connectivity index (χ0) is 14.9. The fraction of sp³-hybridized carbons (Fsp3) is 0.273. The van der Waals surface area contributed by atoms with E-state index in [-0.39, 0.29) is 29.5 Å². The van der Waals surface area contributed by atoms with Crippen molar-refractivity contribution in [1.29, 1.82) is 0 Å². The molecule has 0 atom stereocenters. The first kappa shape index (κ1) is 13.6. The van der Waals surface area contributed by atoms with Crippen molar-refractivity contribution in [3.8, 4) is 0 Å². The highest BCUT2D eigenvalue weighted by molar-refractivity contribution is 5.88. The van der Waals surface area contributed by atoms with Crippen LogP contribution in [-0.2, 0) is 13.6 Å². The summed E-state index contributed by atoms with van der Waals surface area (Å²) in [4.78, 5) is 24.7. The van der Waals surface area contributed by atoms with Gasteiger partial charge in [-0.25, -0.2) is 4.79 Å². The molecule has 9 heteroatoms. The van der Waals surface area contributed by atoms with Gasteiger partial charge < -0.3 is 25.0 Å². The zero-order valence-corrected chi connectivity index (χ0v) is 10.8. The number of nitrogens with one attached hydrogen (secondary N) is 1. The number of carboxylic acids is 1. The number of carbonyl (C=O) groups is 1. The molecule has 0 aliphatic rings. The van der Waals surface area contributed by atoms with Crippen molar-refractivity contribution in [1.82, 2.24) is 9.55 Å². The number of nitrogens with zero attached hydrogens (tertiary/aromatic N) is 3. The van der Waals surface area contributed by atoms with Crippen LogP contribution in [0.5, 0.6) is 0 Å². The molecule has 0 aliphatic carbocycles. The van der Waals surface area contributed by atoms with Gasteiger partial charge in [-0.3, -0.25) is 4.57 Å². The predicted octanol–water partition coefficient (Wildman–Crippen LogP) is 1.54. The van der Waals surface area contributed by atoms with Gasteiger partial charge in [0.25, 0.3) is 0 Å². The van der Waals surface area contributed by atoms with Crippen LogP contribution in [0.4, 0.5) is 11.6 Å². The number of furan rings is 1. The molecule has 9 nitrogen and oxygen atoms in total. The van der Waals surface area contributed by atoms with Gasteiger partial charge in [-0.2, -0.15) is 0 Å². The number of aromatic nitrogens is 2. The van der Waals surface area contributed by atoms with Gasteiger partial charge in [0.05, 0.1) is 6.54 Å². The maximum atomic E-state index is 10.9. The minimum Gasteiger partial charge on any atom is -0.478 e. The van der Waals surface area contributed by atoms with Crippen LogP contribution >= 0.6 is 0 Å². The standard InChI is InChI=1S/C11H12N4O5/c1-6-8(11(16)17)3-7(20-6)4-12-9-10(15(18)19)13-5-14(9)2/h3,5,12H,4H2,1-2H3,(H,16,17). The molecule has 0 aliphatic heterocycles. The molecule has 0 spiro atoms. The summed E-state index contributed by atoms with van der Waals surface area (Å²) >= 11 is 0. The third-order valence-corrected chi connectivity index (χ3v) is 2.72. The molecule has 0 aromatic carbocycles. The number of hydrogen-bond acceptors (Lipinski definition) is 6. The van der Waals surface area contributed by atoms with Crippen LogP contribution in [0.3, 0.4) is 0 Å². The Labute approximate surface area is 113 Å². The van der Waals surface area contributed by atoms with Crippen LogP contribution < -0.4 is 5.32 Å². The summed E-state index contributed by atoms with van der Waals surface area (Å²) in [7, 11) is 1.61. The summed E-state index contributed by atoms with van der Waals surface area (Å²) in [6.45, 7) is 1.66. The van der Waals surface area contributed by atoms with Gasteiger partial charge in [-0.05, 0) is 22.9 Å². The lowest BCUT2D eigenvalue weighted by Gasteiger charge is -2.03. The van der Waals surface area contributed by atoms with Crippen molar-refractivity contribution in [3.63, 3.8) is 0 Å². The molecular formula is C11H12N4O5. The Hall–Kier alpha value is -2.84. The Morgan fingerprint density at radius 1 is 1.65 bits per heavy atom. The fourth-order valence-corrected chi connectivity index (χ4v) is 1.77. The van der Waals surface area contributed by atoms with E-state index in [0.717, 1.165) is 0 Å². The average molecular weight is 280 g/mol. The number of carboxylic acid groups (broad SMARTS) is 1. The Bertz CT molecular complexity index is 672. The van der Waals surface area contributed by atoms with E-state index in [4.69, 9.17) is 9.52 Å². The Kier molecular flexibility index (Phi) is 3.42. The lowest BCUT2D eigenvalue weighted by atomic mass is 10.2. The van der Waals surface area contributed by atoms with E-state index in [1.165, 1.54) is 17.0 Å². The molecule has 0 unspecified atom stereocenters. The highest BCUT2D eigenvalue weighted by Gasteiger charge is 2.20. The van der Waals surface area contributed by atoms with E-state index in [9.17, 15) is 14.9 Å². The molecule has 0 saturated carbocycles. The van der Waals surface area contributed by atoms with Crippen molar-refractivity contribution in [3.05, 3.63) is 39.6 Å². The molecule has 20 heavy (non-hydrogen) atoms. The monoisotopic (exact) mass is 280 g/mol. The Morgan fingerprint density at radius 3 is 2.90 bits per heavy atom. The summed E-state index contributed by atoms with van der Waals surface area (Å²) in [5.74, 6) is -0.497. The third-order valence-electron chi connectivity index (χ3n) is 2.72. The van der Waals surface area contributed by atoms with Gasteiger partial charge in [0.1, 0.15) is 17.1 Å². The Balaban J connectivity index is 2.17. The topological polar surface area (TPSA) is 123 Å². The minimum absolute atomic E-state index is 0.0707. The molecule has 2 heterocycles. The summed E-state index contributed by atoms with van der Waals surface area (Å²) in [6.07, 6.45) is 1.32. The van der Waals surface area contributed by atoms with Crippen LogP contribution in [0.1, 0.15) is 21.9 Å².